The van der Waals surface area contributed by atoms with E-state index in [0.717, 1.165) is 18.4 Å². The summed E-state index contributed by atoms with van der Waals surface area (Å²) >= 11 is 0. The SMILES string of the molecule is CS(=O)(=O)N1CCc2cc(C(=O)NCC(N)C3CC3)ccc21.Cl. The largest absolute Gasteiger partial charge is 0.350 e. The molecule has 1 aliphatic heterocycles. The number of fused-ring (bicyclic) bond motifs is 1. The van der Waals surface area contributed by atoms with E-state index in [-0.39, 0.29) is 24.4 Å². The standard InChI is InChI=1S/C15H21N3O3S.ClH/c1-22(20,21)18-7-6-11-8-12(4-5-14(11)18)15(19)17-9-13(16)10-2-3-10;/h4-5,8,10,13H,2-3,6-7,9,16H2,1H3,(H,17,19);1H. The molecule has 8 heteroatoms. The van der Waals surface area contributed by atoms with E-state index in [4.69, 9.17) is 5.73 Å². The number of rotatable bonds is 5. The first-order valence-corrected chi connectivity index (χ1v) is 9.35. The third kappa shape index (κ3) is 3.97. The van der Waals surface area contributed by atoms with Crippen molar-refractivity contribution in [3.8, 4) is 0 Å². The van der Waals surface area contributed by atoms with Crippen molar-refractivity contribution in [2.24, 2.45) is 11.7 Å². The summed E-state index contributed by atoms with van der Waals surface area (Å²) in [6, 6.07) is 5.18. The van der Waals surface area contributed by atoms with Crippen LogP contribution < -0.4 is 15.4 Å². The van der Waals surface area contributed by atoms with Gasteiger partial charge in [0.1, 0.15) is 0 Å². The Morgan fingerprint density at radius 1 is 1.43 bits per heavy atom. The summed E-state index contributed by atoms with van der Waals surface area (Å²) in [6.45, 7) is 0.918. The van der Waals surface area contributed by atoms with E-state index in [1.54, 1.807) is 18.2 Å². The van der Waals surface area contributed by atoms with Gasteiger partial charge in [0, 0.05) is 24.7 Å². The van der Waals surface area contributed by atoms with Gasteiger partial charge in [-0.1, -0.05) is 0 Å². The van der Waals surface area contributed by atoms with Gasteiger partial charge >= 0.3 is 0 Å². The predicted octanol–water partition coefficient (Wildman–Crippen LogP) is 0.898. The van der Waals surface area contributed by atoms with Gasteiger partial charge in [-0.3, -0.25) is 9.10 Å². The van der Waals surface area contributed by atoms with Crippen LogP contribution in [0.1, 0.15) is 28.8 Å². The molecule has 1 atom stereocenters. The monoisotopic (exact) mass is 359 g/mol. The van der Waals surface area contributed by atoms with Crippen molar-refractivity contribution in [2.45, 2.75) is 25.3 Å². The van der Waals surface area contributed by atoms with Gasteiger partial charge in [0.05, 0.1) is 11.9 Å². The van der Waals surface area contributed by atoms with E-state index in [0.29, 0.717) is 36.7 Å². The van der Waals surface area contributed by atoms with Gasteiger partial charge in [-0.25, -0.2) is 8.42 Å². The highest BCUT2D eigenvalue weighted by Gasteiger charge is 2.29. The molecule has 1 aliphatic carbocycles. The first-order chi connectivity index (χ1) is 10.4. The minimum absolute atomic E-state index is 0. The van der Waals surface area contributed by atoms with Crippen LogP contribution in [-0.4, -0.2) is 39.7 Å². The van der Waals surface area contributed by atoms with E-state index < -0.39 is 10.0 Å². The minimum Gasteiger partial charge on any atom is -0.350 e. The Balaban J connectivity index is 0.00000192. The van der Waals surface area contributed by atoms with Crippen LogP contribution in [0.5, 0.6) is 0 Å². The molecule has 0 spiro atoms. The molecule has 0 radical (unpaired) electrons. The number of benzene rings is 1. The molecule has 3 rings (SSSR count). The number of hydrogen-bond donors (Lipinski definition) is 2. The van der Waals surface area contributed by atoms with Crippen LogP contribution in [0.4, 0.5) is 5.69 Å². The zero-order valence-electron chi connectivity index (χ0n) is 13.0. The fraction of sp³-hybridized carbons (Fsp3) is 0.533. The Morgan fingerprint density at radius 2 is 2.13 bits per heavy atom. The molecule has 128 valence electrons. The maximum Gasteiger partial charge on any atom is 0.251 e. The average molecular weight is 360 g/mol. The van der Waals surface area contributed by atoms with Crippen LogP contribution in [0, 0.1) is 5.92 Å². The topological polar surface area (TPSA) is 92.5 Å². The molecule has 1 heterocycles. The highest BCUT2D eigenvalue weighted by molar-refractivity contribution is 7.92. The fourth-order valence-electron chi connectivity index (χ4n) is 2.86. The highest BCUT2D eigenvalue weighted by atomic mass is 35.5. The zero-order valence-corrected chi connectivity index (χ0v) is 14.6. The lowest BCUT2D eigenvalue weighted by Crippen LogP contribution is -2.38. The van der Waals surface area contributed by atoms with Crippen LogP contribution in [0.3, 0.4) is 0 Å². The normalized spacial score (nSPS) is 18.1. The maximum absolute atomic E-state index is 12.2. The van der Waals surface area contributed by atoms with Crippen LogP contribution >= 0.6 is 12.4 Å². The summed E-state index contributed by atoms with van der Waals surface area (Å²) in [5, 5.41) is 2.86. The summed E-state index contributed by atoms with van der Waals surface area (Å²) in [6.07, 6.45) is 4.13. The van der Waals surface area contributed by atoms with Crippen molar-refractivity contribution < 1.29 is 13.2 Å². The number of amides is 1. The fourth-order valence-corrected chi connectivity index (χ4v) is 3.82. The summed E-state index contributed by atoms with van der Waals surface area (Å²) in [5.74, 6) is 0.389. The second-order valence-electron chi connectivity index (χ2n) is 6.14. The number of hydrogen-bond acceptors (Lipinski definition) is 4. The van der Waals surface area contributed by atoms with Gasteiger partial charge in [-0.15, -0.1) is 12.4 Å². The minimum atomic E-state index is -3.26. The van der Waals surface area contributed by atoms with Crippen LogP contribution in [0.15, 0.2) is 18.2 Å². The van der Waals surface area contributed by atoms with E-state index in [1.807, 2.05) is 0 Å². The lowest BCUT2D eigenvalue weighted by molar-refractivity contribution is 0.0950. The third-order valence-corrected chi connectivity index (χ3v) is 5.50. The Bertz CT molecular complexity index is 704. The van der Waals surface area contributed by atoms with Crippen molar-refractivity contribution in [2.75, 3.05) is 23.7 Å². The molecule has 3 N–H and O–H groups in total. The number of nitrogens with one attached hydrogen (secondary N) is 1. The number of sulfonamides is 1. The average Bonchev–Trinajstić information content (AvgIpc) is 3.21. The Morgan fingerprint density at radius 3 is 2.74 bits per heavy atom. The number of carbonyl (C=O) groups is 1. The molecular formula is C15H22ClN3O3S. The zero-order chi connectivity index (χ0) is 15.9. The molecule has 0 bridgehead atoms. The number of anilines is 1. The second kappa shape index (κ2) is 6.67. The van der Waals surface area contributed by atoms with E-state index >= 15 is 0 Å². The molecule has 2 aliphatic rings. The quantitative estimate of drug-likeness (QED) is 0.816. The molecule has 1 aromatic carbocycles. The number of nitrogens with two attached hydrogens (primary N) is 1. The molecule has 0 saturated heterocycles. The second-order valence-corrected chi connectivity index (χ2v) is 8.05. The van der Waals surface area contributed by atoms with Crippen LogP contribution in [-0.2, 0) is 16.4 Å². The third-order valence-electron chi connectivity index (χ3n) is 4.32. The molecule has 1 amide bonds. The Hall–Kier alpha value is -1.31. The van der Waals surface area contributed by atoms with Gasteiger partial charge in [0.2, 0.25) is 10.0 Å². The molecule has 0 aromatic heterocycles. The molecule has 1 fully saturated rings. The maximum atomic E-state index is 12.2. The lowest BCUT2D eigenvalue weighted by atomic mass is 10.1. The highest BCUT2D eigenvalue weighted by Crippen LogP contribution is 2.32. The number of nitrogens with zero attached hydrogens (tertiary/aromatic N) is 1. The summed E-state index contributed by atoms with van der Waals surface area (Å²) in [7, 11) is -3.26. The molecule has 1 unspecified atom stereocenters. The smallest absolute Gasteiger partial charge is 0.251 e. The first kappa shape index (κ1) is 18.0. The molecule has 1 saturated carbocycles. The molecular weight excluding hydrogens is 338 g/mol. The van der Waals surface area contributed by atoms with Gasteiger partial charge in [-0.2, -0.15) is 0 Å². The predicted molar refractivity (Wildman–Crippen MR) is 92.6 cm³/mol. The number of halogens is 1. The van der Waals surface area contributed by atoms with E-state index in [9.17, 15) is 13.2 Å². The Labute approximate surface area is 142 Å². The van der Waals surface area contributed by atoms with Crippen LogP contribution in [0.2, 0.25) is 0 Å². The van der Waals surface area contributed by atoms with E-state index in [1.165, 1.54) is 10.6 Å². The van der Waals surface area contributed by atoms with Gasteiger partial charge in [-0.05, 0) is 48.9 Å². The summed E-state index contributed by atoms with van der Waals surface area (Å²) in [5.41, 5.74) is 8.09. The van der Waals surface area contributed by atoms with Crippen molar-refractivity contribution in [1.29, 1.82) is 0 Å². The lowest BCUT2D eigenvalue weighted by Gasteiger charge is -2.16. The van der Waals surface area contributed by atoms with E-state index in [2.05, 4.69) is 5.32 Å². The van der Waals surface area contributed by atoms with Crippen molar-refractivity contribution >= 4 is 34.0 Å². The van der Waals surface area contributed by atoms with Gasteiger partial charge in [0.25, 0.3) is 5.91 Å². The van der Waals surface area contributed by atoms with Crippen molar-refractivity contribution in [1.82, 2.24) is 5.32 Å². The summed E-state index contributed by atoms with van der Waals surface area (Å²) < 4.78 is 24.8. The van der Waals surface area contributed by atoms with Gasteiger partial charge < -0.3 is 11.1 Å². The van der Waals surface area contributed by atoms with Crippen molar-refractivity contribution in [3.63, 3.8) is 0 Å². The van der Waals surface area contributed by atoms with Gasteiger partial charge in [0.15, 0.2) is 0 Å². The Kier molecular flexibility index (Phi) is 5.23. The molecule has 6 nitrogen and oxygen atoms in total. The summed E-state index contributed by atoms with van der Waals surface area (Å²) in [4.78, 5) is 12.2. The number of carbonyl (C=O) groups excluding carboxylic acids is 1. The van der Waals surface area contributed by atoms with Crippen LogP contribution in [0.25, 0.3) is 0 Å². The molecule has 1 aromatic rings. The molecule has 23 heavy (non-hydrogen) atoms. The van der Waals surface area contributed by atoms with Crippen molar-refractivity contribution in [3.05, 3.63) is 29.3 Å². The first-order valence-electron chi connectivity index (χ1n) is 7.50.